The summed E-state index contributed by atoms with van der Waals surface area (Å²) in [7, 11) is 0. The molecule has 0 saturated carbocycles. The Morgan fingerprint density at radius 2 is 2.23 bits per heavy atom. The van der Waals surface area contributed by atoms with Gasteiger partial charge in [-0.15, -0.1) is 0 Å². The average molecular weight is 191 g/mol. The molecule has 2 rings (SSSR count). The minimum atomic E-state index is 0.597. The Morgan fingerprint density at radius 3 is 2.92 bits per heavy atom. The number of benzene rings is 1. The number of nitriles is 1. The van der Waals surface area contributed by atoms with Crippen molar-refractivity contribution in [2.24, 2.45) is 0 Å². The van der Waals surface area contributed by atoms with Crippen molar-refractivity contribution in [2.75, 3.05) is 0 Å². The molecule has 0 saturated heterocycles. The van der Waals surface area contributed by atoms with Crippen molar-refractivity contribution in [3.05, 3.63) is 34.5 Å². The third-order valence-electron chi connectivity index (χ3n) is 2.08. The van der Waals surface area contributed by atoms with Crippen LogP contribution in [0, 0.1) is 18.3 Å². The summed E-state index contributed by atoms with van der Waals surface area (Å²) in [5.74, 6) is 0. The first-order chi connectivity index (χ1) is 6.22. The number of aromatic nitrogens is 1. The third-order valence-corrected chi connectivity index (χ3v) is 2.38. The largest absolute Gasteiger partial charge is 0.360 e. The highest BCUT2D eigenvalue weighted by Gasteiger charge is 2.05. The first kappa shape index (κ1) is 8.15. The van der Waals surface area contributed by atoms with E-state index in [2.05, 4.69) is 11.1 Å². The Balaban J connectivity index is 2.90. The van der Waals surface area contributed by atoms with E-state index in [1.165, 1.54) is 0 Å². The second-order valence-corrected chi connectivity index (χ2v) is 3.37. The van der Waals surface area contributed by atoms with Gasteiger partial charge in [-0.3, -0.25) is 0 Å². The summed E-state index contributed by atoms with van der Waals surface area (Å²) in [6.45, 7) is 1.98. The lowest BCUT2D eigenvalue weighted by molar-refractivity contribution is 1.43. The Bertz CT molecular complexity index is 505. The molecule has 1 aromatic carbocycles. The zero-order valence-electron chi connectivity index (χ0n) is 7.06. The number of rotatable bonds is 0. The second-order valence-electron chi connectivity index (χ2n) is 2.96. The van der Waals surface area contributed by atoms with Crippen molar-refractivity contribution < 1.29 is 0 Å². The van der Waals surface area contributed by atoms with E-state index in [0.717, 1.165) is 16.5 Å². The third kappa shape index (κ3) is 1.18. The van der Waals surface area contributed by atoms with Crippen LogP contribution in [0.2, 0.25) is 5.02 Å². The lowest BCUT2D eigenvalue weighted by Gasteiger charge is -1.95. The molecule has 0 unspecified atom stereocenters. The summed E-state index contributed by atoms with van der Waals surface area (Å²) in [5, 5.41) is 10.3. The van der Waals surface area contributed by atoms with Crippen molar-refractivity contribution in [1.29, 1.82) is 5.26 Å². The van der Waals surface area contributed by atoms with E-state index < -0.39 is 0 Å². The molecule has 64 valence electrons. The number of H-pyrrole nitrogens is 1. The minimum absolute atomic E-state index is 0.597. The molecule has 13 heavy (non-hydrogen) atoms. The van der Waals surface area contributed by atoms with Crippen LogP contribution in [0.15, 0.2) is 18.3 Å². The Kier molecular flexibility index (Phi) is 1.75. The van der Waals surface area contributed by atoms with E-state index in [-0.39, 0.29) is 0 Å². The van der Waals surface area contributed by atoms with Gasteiger partial charge in [0.2, 0.25) is 0 Å². The molecule has 0 radical (unpaired) electrons. The summed E-state index contributed by atoms with van der Waals surface area (Å²) in [6, 6.07) is 5.59. The molecule has 3 heteroatoms. The van der Waals surface area contributed by atoms with Gasteiger partial charge in [0.05, 0.1) is 22.2 Å². The molecule has 0 bridgehead atoms. The maximum absolute atomic E-state index is 8.73. The molecule has 0 aliphatic rings. The Morgan fingerprint density at radius 1 is 1.46 bits per heavy atom. The summed E-state index contributed by atoms with van der Waals surface area (Å²) >= 11 is 5.97. The van der Waals surface area contributed by atoms with Crippen LogP contribution in [0.4, 0.5) is 0 Å². The van der Waals surface area contributed by atoms with E-state index in [1.807, 2.05) is 19.2 Å². The van der Waals surface area contributed by atoms with Crippen LogP contribution in [0.25, 0.3) is 10.9 Å². The molecule has 1 N–H and O–H groups in total. The number of halogens is 1. The highest BCUT2D eigenvalue weighted by Crippen LogP contribution is 2.26. The summed E-state index contributed by atoms with van der Waals surface area (Å²) in [6.07, 6.45) is 1.89. The molecule has 1 heterocycles. The van der Waals surface area contributed by atoms with Crippen LogP contribution in [-0.4, -0.2) is 4.98 Å². The summed E-state index contributed by atoms with van der Waals surface area (Å²) in [4.78, 5) is 3.07. The molecule has 0 amide bonds. The fraction of sp³-hybridized carbons (Fsp3) is 0.100. The molecular formula is C10H7ClN2. The lowest BCUT2D eigenvalue weighted by Crippen LogP contribution is -1.77. The number of aryl methyl sites for hydroxylation is 1. The van der Waals surface area contributed by atoms with Gasteiger partial charge in [-0.1, -0.05) is 11.6 Å². The molecule has 0 aliphatic carbocycles. The molecule has 2 aromatic rings. The number of hydrogen-bond donors (Lipinski definition) is 1. The SMILES string of the molecule is Cc1c[nH]c2c(Cl)cc(C#N)cc12. The van der Waals surface area contributed by atoms with Gasteiger partial charge >= 0.3 is 0 Å². The van der Waals surface area contributed by atoms with E-state index in [4.69, 9.17) is 16.9 Å². The standard InChI is InChI=1S/C10H7ClN2/c1-6-5-13-10-8(6)2-7(4-12)3-9(10)11/h2-3,5,13H,1H3. The van der Waals surface area contributed by atoms with Crippen LogP contribution in [0.1, 0.15) is 11.1 Å². The van der Waals surface area contributed by atoms with Gasteiger partial charge in [-0.25, -0.2) is 0 Å². The van der Waals surface area contributed by atoms with Crippen LogP contribution in [0.5, 0.6) is 0 Å². The van der Waals surface area contributed by atoms with E-state index in [9.17, 15) is 0 Å². The highest BCUT2D eigenvalue weighted by molar-refractivity contribution is 6.35. The number of aromatic amines is 1. The topological polar surface area (TPSA) is 39.6 Å². The predicted molar refractivity (Wildman–Crippen MR) is 52.8 cm³/mol. The van der Waals surface area contributed by atoms with Gasteiger partial charge in [-0.2, -0.15) is 5.26 Å². The maximum atomic E-state index is 8.73. The molecule has 2 nitrogen and oxygen atoms in total. The van der Waals surface area contributed by atoms with Crippen molar-refractivity contribution >= 4 is 22.5 Å². The van der Waals surface area contributed by atoms with E-state index in [0.29, 0.717) is 10.6 Å². The van der Waals surface area contributed by atoms with Gasteiger partial charge < -0.3 is 4.98 Å². The molecule has 0 fully saturated rings. The second kappa shape index (κ2) is 2.79. The maximum Gasteiger partial charge on any atom is 0.0992 e. The molecule has 0 spiro atoms. The van der Waals surface area contributed by atoms with Crippen molar-refractivity contribution in [2.45, 2.75) is 6.92 Å². The van der Waals surface area contributed by atoms with E-state index >= 15 is 0 Å². The zero-order valence-corrected chi connectivity index (χ0v) is 7.81. The Hall–Kier alpha value is -1.46. The van der Waals surface area contributed by atoms with Crippen LogP contribution >= 0.6 is 11.6 Å². The number of nitrogens with zero attached hydrogens (tertiary/aromatic N) is 1. The predicted octanol–water partition coefficient (Wildman–Crippen LogP) is 3.00. The smallest absolute Gasteiger partial charge is 0.0992 e. The fourth-order valence-corrected chi connectivity index (χ4v) is 1.66. The van der Waals surface area contributed by atoms with Crippen LogP contribution < -0.4 is 0 Å². The summed E-state index contributed by atoms with van der Waals surface area (Å²) in [5.41, 5.74) is 2.60. The number of hydrogen-bond acceptors (Lipinski definition) is 1. The monoisotopic (exact) mass is 190 g/mol. The van der Waals surface area contributed by atoms with Gasteiger partial charge in [0, 0.05) is 11.6 Å². The van der Waals surface area contributed by atoms with Gasteiger partial charge in [0.1, 0.15) is 0 Å². The first-order valence-corrected chi connectivity index (χ1v) is 4.27. The number of nitrogens with one attached hydrogen (secondary N) is 1. The normalized spacial score (nSPS) is 10.2. The van der Waals surface area contributed by atoms with Gasteiger partial charge in [-0.05, 0) is 24.6 Å². The highest BCUT2D eigenvalue weighted by atomic mass is 35.5. The average Bonchev–Trinajstić information content (AvgIpc) is 2.48. The molecular weight excluding hydrogens is 184 g/mol. The van der Waals surface area contributed by atoms with Gasteiger partial charge in [0.25, 0.3) is 0 Å². The fourth-order valence-electron chi connectivity index (χ4n) is 1.39. The van der Waals surface area contributed by atoms with Gasteiger partial charge in [0.15, 0.2) is 0 Å². The Labute approximate surface area is 80.7 Å². The molecule has 0 atom stereocenters. The van der Waals surface area contributed by atoms with Crippen molar-refractivity contribution in [3.8, 4) is 6.07 Å². The van der Waals surface area contributed by atoms with Crippen LogP contribution in [-0.2, 0) is 0 Å². The molecule has 0 aliphatic heterocycles. The molecule has 1 aromatic heterocycles. The van der Waals surface area contributed by atoms with Crippen LogP contribution in [0.3, 0.4) is 0 Å². The first-order valence-electron chi connectivity index (χ1n) is 3.89. The van der Waals surface area contributed by atoms with E-state index in [1.54, 1.807) is 6.07 Å². The van der Waals surface area contributed by atoms with Crippen molar-refractivity contribution in [1.82, 2.24) is 4.98 Å². The minimum Gasteiger partial charge on any atom is -0.360 e. The number of fused-ring (bicyclic) bond motifs is 1. The lowest BCUT2D eigenvalue weighted by atomic mass is 10.1. The summed E-state index contributed by atoms with van der Waals surface area (Å²) < 4.78 is 0. The quantitative estimate of drug-likeness (QED) is 0.682. The van der Waals surface area contributed by atoms with Crippen molar-refractivity contribution in [3.63, 3.8) is 0 Å². The zero-order chi connectivity index (χ0) is 9.42.